The first-order valence-electron chi connectivity index (χ1n) is 6.69. The van der Waals surface area contributed by atoms with Crippen LogP contribution in [0.2, 0.25) is 0 Å². The number of morpholine rings is 1. The summed E-state index contributed by atoms with van der Waals surface area (Å²) in [7, 11) is 0. The third-order valence-electron chi connectivity index (χ3n) is 3.33. The molecule has 0 radical (unpaired) electrons. The zero-order valence-corrected chi connectivity index (χ0v) is 11.1. The van der Waals surface area contributed by atoms with Crippen LogP contribution in [0.25, 0.3) is 0 Å². The van der Waals surface area contributed by atoms with Crippen molar-refractivity contribution in [2.75, 3.05) is 24.6 Å². The number of hydrogen-bond donors (Lipinski definition) is 0. The van der Waals surface area contributed by atoms with E-state index >= 15 is 0 Å². The Morgan fingerprint density at radius 2 is 2.10 bits per heavy atom. The molecule has 2 aromatic rings. The van der Waals surface area contributed by atoms with E-state index in [2.05, 4.69) is 14.9 Å². The number of rotatable bonds is 3. The van der Waals surface area contributed by atoms with Crippen molar-refractivity contribution in [1.82, 2.24) is 9.97 Å². The summed E-state index contributed by atoms with van der Waals surface area (Å²) < 4.78 is 18.9. The van der Waals surface area contributed by atoms with Crippen molar-refractivity contribution in [2.24, 2.45) is 0 Å². The number of aromatic nitrogens is 2. The molecule has 0 N–H and O–H groups in total. The van der Waals surface area contributed by atoms with Gasteiger partial charge in [0.15, 0.2) is 0 Å². The highest BCUT2D eigenvalue weighted by Gasteiger charge is 2.22. The van der Waals surface area contributed by atoms with Crippen LogP contribution in [-0.2, 0) is 11.2 Å². The molecule has 1 aliphatic rings. The van der Waals surface area contributed by atoms with Gasteiger partial charge in [-0.15, -0.1) is 0 Å². The van der Waals surface area contributed by atoms with Crippen LogP contribution in [-0.4, -0.2) is 35.8 Å². The number of hydrogen-bond acceptors (Lipinski definition) is 4. The molecule has 104 valence electrons. The highest BCUT2D eigenvalue weighted by molar-refractivity contribution is 5.29. The predicted octanol–water partition coefficient (Wildman–Crippen LogP) is 2.06. The maximum atomic E-state index is 13.2. The standard InChI is InChI=1S/C15H16FN3O/c16-13-4-1-3-12(9-13)10-14-11-19(7-8-20-14)15-17-5-2-6-18-15/h1-6,9,14H,7-8,10-11H2. The van der Waals surface area contributed by atoms with Gasteiger partial charge in [-0.25, -0.2) is 14.4 Å². The first-order valence-corrected chi connectivity index (χ1v) is 6.69. The lowest BCUT2D eigenvalue weighted by molar-refractivity contribution is 0.0405. The molecule has 0 saturated carbocycles. The molecule has 0 spiro atoms. The minimum atomic E-state index is -0.207. The minimum absolute atomic E-state index is 0.0364. The Hall–Kier alpha value is -2.01. The molecular weight excluding hydrogens is 257 g/mol. The minimum Gasteiger partial charge on any atom is -0.374 e. The SMILES string of the molecule is Fc1cccc(CC2CN(c3ncccn3)CCO2)c1. The summed E-state index contributed by atoms with van der Waals surface area (Å²) in [5.74, 6) is 0.515. The van der Waals surface area contributed by atoms with E-state index in [0.29, 0.717) is 13.0 Å². The summed E-state index contributed by atoms with van der Waals surface area (Å²) in [5.41, 5.74) is 0.950. The molecule has 1 atom stereocenters. The molecule has 1 aromatic carbocycles. The fourth-order valence-electron chi connectivity index (χ4n) is 2.41. The van der Waals surface area contributed by atoms with E-state index in [1.54, 1.807) is 30.6 Å². The Morgan fingerprint density at radius 1 is 1.25 bits per heavy atom. The lowest BCUT2D eigenvalue weighted by atomic mass is 10.1. The van der Waals surface area contributed by atoms with Crippen LogP contribution in [0.1, 0.15) is 5.56 Å². The normalized spacial score (nSPS) is 19.1. The molecule has 1 unspecified atom stereocenters. The molecule has 5 heteroatoms. The molecule has 1 saturated heterocycles. The number of halogens is 1. The molecule has 4 nitrogen and oxygen atoms in total. The number of benzene rings is 1. The lowest BCUT2D eigenvalue weighted by Crippen LogP contribution is -2.44. The van der Waals surface area contributed by atoms with Crippen LogP contribution in [0.5, 0.6) is 0 Å². The van der Waals surface area contributed by atoms with Crippen LogP contribution in [0.3, 0.4) is 0 Å². The van der Waals surface area contributed by atoms with Crippen molar-refractivity contribution < 1.29 is 9.13 Å². The van der Waals surface area contributed by atoms with E-state index in [-0.39, 0.29) is 11.9 Å². The summed E-state index contributed by atoms with van der Waals surface area (Å²) in [6.07, 6.45) is 4.20. The molecule has 1 aliphatic heterocycles. The molecule has 3 rings (SSSR count). The van der Waals surface area contributed by atoms with Gasteiger partial charge in [0, 0.05) is 31.9 Å². The van der Waals surface area contributed by atoms with Gasteiger partial charge in [0.2, 0.25) is 5.95 Å². The van der Waals surface area contributed by atoms with Crippen molar-refractivity contribution in [1.29, 1.82) is 0 Å². The predicted molar refractivity (Wildman–Crippen MR) is 74.1 cm³/mol. The maximum Gasteiger partial charge on any atom is 0.225 e. The van der Waals surface area contributed by atoms with Gasteiger partial charge in [0.25, 0.3) is 0 Å². The quantitative estimate of drug-likeness (QED) is 0.858. The van der Waals surface area contributed by atoms with E-state index < -0.39 is 0 Å². The number of anilines is 1. The zero-order chi connectivity index (χ0) is 13.8. The summed E-state index contributed by atoms with van der Waals surface area (Å²) in [6.45, 7) is 2.14. The molecule has 0 aliphatic carbocycles. The Bertz CT molecular complexity index is 564. The van der Waals surface area contributed by atoms with Crippen molar-refractivity contribution in [3.63, 3.8) is 0 Å². The molecule has 20 heavy (non-hydrogen) atoms. The van der Waals surface area contributed by atoms with Crippen LogP contribution in [0.15, 0.2) is 42.7 Å². The third kappa shape index (κ3) is 3.11. The molecule has 2 heterocycles. The van der Waals surface area contributed by atoms with E-state index in [4.69, 9.17) is 4.74 Å². The summed E-state index contributed by atoms with van der Waals surface area (Å²) in [4.78, 5) is 10.6. The fraction of sp³-hybridized carbons (Fsp3) is 0.333. The van der Waals surface area contributed by atoms with Crippen molar-refractivity contribution in [3.05, 3.63) is 54.1 Å². The van der Waals surface area contributed by atoms with Crippen LogP contribution in [0.4, 0.5) is 10.3 Å². The third-order valence-corrected chi connectivity index (χ3v) is 3.33. The van der Waals surface area contributed by atoms with Crippen LogP contribution in [0, 0.1) is 5.82 Å². The van der Waals surface area contributed by atoms with Crippen LogP contribution >= 0.6 is 0 Å². The van der Waals surface area contributed by atoms with Crippen molar-refractivity contribution >= 4 is 5.95 Å². The van der Waals surface area contributed by atoms with E-state index in [0.717, 1.165) is 24.6 Å². The second-order valence-electron chi connectivity index (χ2n) is 4.82. The number of nitrogens with zero attached hydrogens (tertiary/aromatic N) is 3. The molecule has 0 amide bonds. The van der Waals surface area contributed by atoms with Gasteiger partial charge < -0.3 is 9.64 Å². The van der Waals surface area contributed by atoms with Crippen molar-refractivity contribution in [3.8, 4) is 0 Å². The highest BCUT2D eigenvalue weighted by atomic mass is 19.1. The Balaban J connectivity index is 1.66. The summed E-state index contributed by atoms with van der Waals surface area (Å²) in [5, 5.41) is 0. The van der Waals surface area contributed by atoms with E-state index in [1.165, 1.54) is 6.07 Å². The lowest BCUT2D eigenvalue weighted by Gasteiger charge is -2.33. The largest absolute Gasteiger partial charge is 0.374 e. The first-order chi connectivity index (χ1) is 9.81. The second kappa shape index (κ2) is 5.96. The Labute approximate surface area is 117 Å². The summed E-state index contributed by atoms with van der Waals surface area (Å²) >= 11 is 0. The Kier molecular flexibility index (Phi) is 3.87. The maximum absolute atomic E-state index is 13.2. The summed E-state index contributed by atoms with van der Waals surface area (Å²) in [6, 6.07) is 8.46. The van der Waals surface area contributed by atoms with Gasteiger partial charge in [-0.2, -0.15) is 0 Å². The van der Waals surface area contributed by atoms with Gasteiger partial charge in [-0.3, -0.25) is 0 Å². The average Bonchev–Trinajstić information content (AvgIpc) is 2.48. The molecule has 1 aromatic heterocycles. The van der Waals surface area contributed by atoms with Crippen molar-refractivity contribution in [2.45, 2.75) is 12.5 Å². The number of ether oxygens (including phenoxy) is 1. The zero-order valence-electron chi connectivity index (χ0n) is 11.1. The topological polar surface area (TPSA) is 38.2 Å². The first kappa shape index (κ1) is 13.0. The average molecular weight is 273 g/mol. The van der Waals surface area contributed by atoms with Gasteiger partial charge >= 0.3 is 0 Å². The van der Waals surface area contributed by atoms with Gasteiger partial charge in [0.05, 0.1) is 12.7 Å². The smallest absolute Gasteiger partial charge is 0.225 e. The van der Waals surface area contributed by atoms with E-state index in [9.17, 15) is 4.39 Å². The highest BCUT2D eigenvalue weighted by Crippen LogP contribution is 2.16. The second-order valence-corrected chi connectivity index (χ2v) is 4.82. The van der Waals surface area contributed by atoms with Gasteiger partial charge in [0.1, 0.15) is 5.82 Å². The van der Waals surface area contributed by atoms with E-state index in [1.807, 2.05) is 6.07 Å². The monoisotopic (exact) mass is 273 g/mol. The fourth-order valence-corrected chi connectivity index (χ4v) is 2.41. The molecule has 1 fully saturated rings. The molecular formula is C15H16FN3O. The van der Waals surface area contributed by atoms with Gasteiger partial charge in [-0.1, -0.05) is 12.1 Å². The Morgan fingerprint density at radius 3 is 2.90 bits per heavy atom. The van der Waals surface area contributed by atoms with Gasteiger partial charge in [-0.05, 0) is 23.8 Å². The van der Waals surface area contributed by atoms with Crippen LogP contribution < -0.4 is 4.90 Å². The molecule has 0 bridgehead atoms.